The molecule has 1 aromatic carbocycles. The van der Waals surface area contributed by atoms with Crippen LogP contribution in [0.5, 0.6) is 0 Å². The molecule has 0 spiro atoms. The van der Waals surface area contributed by atoms with Crippen LogP contribution in [0.3, 0.4) is 0 Å². The Morgan fingerprint density at radius 1 is 1.33 bits per heavy atom. The third-order valence-electron chi connectivity index (χ3n) is 3.14. The fourth-order valence-corrected chi connectivity index (χ4v) is 2.20. The van der Waals surface area contributed by atoms with Gasteiger partial charge in [-0.25, -0.2) is 19.3 Å². The van der Waals surface area contributed by atoms with E-state index >= 15 is 0 Å². The number of nitrogens with zero attached hydrogens (tertiary/aromatic N) is 4. The van der Waals surface area contributed by atoms with E-state index in [0.29, 0.717) is 35.6 Å². The largest absolute Gasteiger partial charge is 0.398 e. The molecule has 2 aromatic heterocycles. The highest BCUT2D eigenvalue weighted by molar-refractivity contribution is 5.92. The molecule has 0 unspecified atom stereocenters. The van der Waals surface area contributed by atoms with Crippen LogP contribution >= 0.6 is 0 Å². The Kier molecular flexibility index (Phi) is 3.49. The average Bonchev–Trinajstić information content (AvgIpc) is 2.97. The van der Waals surface area contributed by atoms with Crippen LogP contribution in [0.25, 0.3) is 16.9 Å². The second kappa shape index (κ2) is 5.45. The van der Waals surface area contributed by atoms with Crippen molar-refractivity contribution in [1.82, 2.24) is 19.5 Å². The van der Waals surface area contributed by atoms with Gasteiger partial charge in [0, 0.05) is 43.1 Å². The van der Waals surface area contributed by atoms with E-state index in [0.717, 1.165) is 5.69 Å². The first-order valence-corrected chi connectivity index (χ1v) is 6.42. The highest BCUT2D eigenvalue weighted by atomic mass is 19.1. The molecular weight excluding hydrogens is 273 g/mol. The van der Waals surface area contributed by atoms with Crippen molar-refractivity contribution in [3.8, 4) is 5.95 Å². The summed E-state index contributed by atoms with van der Waals surface area (Å²) in [6.45, 7) is 0.492. The van der Waals surface area contributed by atoms with Gasteiger partial charge in [-0.3, -0.25) is 4.57 Å². The standard InChI is InChI=1S/C14H14FN5O/c1-21-5-2-11-13-10(16)6-9(15)7-12(13)19-14(18-11)20-4-3-17-8-20/h3-4,6-8H,2,5,16H2,1H3. The van der Waals surface area contributed by atoms with Gasteiger partial charge in [0.25, 0.3) is 0 Å². The topological polar surface area (TPSA) is 78.8 Å². The monoisotopic (exact) mass is 287 g/mol. The molecule has 0 aliphatic rings. The molecule has 0 bridgehead atoms. The molecule has 3 rings (SSSR count). The molecule has 0 saturated heterocycles. The Morgan fingerprint density at radius 3 is 2.90 bits per heavy atom. The predicted octanol–water partition coefficient (Wildman–Crippen LogP) is 1.73. The van der Waals surface area contributed by atoms with E-state index in [-0.39, 0.29) is 0 Å². The Morgan fingerprint density at radius 2 is 2.19 bits per heavy atom. The van der Waals surface area contributed by atoms with Gasteiger partial charge in [-0.05, 0) is 6.07 Å². The number of nitrogen functional groups attached to an aromatic ring is 1. The summed E-state index contributed by atoms with van der Waals surface area (Å²) < 4.78 is 20.3. The Bertz CT molecular complexity index is 773. The van der Waals surface area contributed by atoms with Crippen molar-refractivity contribution in [3.05, 3.63) is 42.4 Å². The number of aromatic nitrogens is 4. The van der Waals surface area contributed by atoms with Crippen LogP contribution in [0.15, 0.2) is 30.9 Å². The van der Waals surface area contributed by atoms with Gasteiger partial charge in [0.1, 0.15) is 12.1 Å². The molecule has 6 nitrogen and oxygen atoms in total. The van der Waals surface area contributed by atoms with Gasteiger partial charge in [-0.2, -0.15) is 0 Å². The lowest BCUT2D eigenvalue weighted by molar-refractivity contribution is 0.201. The number of benzene rings is 1. The molecule has 0 fully saturated rings. The van der Waals surface area contributed by atoms with E-state index in [2.05, 4.69) is 15.0 Å². The fourth-order valence-electron chi connectivity index (χ4n) is 2.20. The summed E-state index contributed by atoms with van der Waals surface area (Å²) >= 11 is 0. The van der Waals surface area contributed by atoms with E-state index in [4.69, 9.17) is 10.5 Å². The first-order valence-electron chi connectivity index (χ1n) is 6.42. The van der Waals surface area contributed by atoms with Gasteiger partial charge < -0.3 is 10.5 Å². The third kappa shape index (κ3) is 2.55. The maximum atomic E-state index is 13.6. The van der Waals surface area contributed by atoms with Gasteiger partial charge in [0.2, 0.25) is 5.95 Å². The predicted molar refractivity (Wildman–Crippen MR) is 76.6 cm³/mol. The summed E-state index contributed by atoms with van der Waals surface area (Å²) in [7, 11) is 1.61. The average molecular weight is 287 g/mol. The lowest BCUT2D eigenvalue weighted by atomic mass is 10.1. The number of hydrogen-bond acceptors (Lipinski definition) is 5. The minimum atomic E-state index is -0.423. The molecule has 3 aromatic rings. The molecule has 0 saturated carbocycles. The van der Waals surface area contributed by atoms with Crippen LogP contribution in [-0.2, 0) is 11.2 Å². The maximum absolute atomic E-state index is 13.6. The molecule has 0 amide bonds. The summed E-state index contributed by atoms with van der Waals surface area (Å²) in [6.07, 6.45) is 5.50. The van der Waals surface area contributed by atoms with Crippen LogP contribution in [0.1, 0.15) is 5.69 Å². The fraction of sp³-hybridized carbons (Fsp3) is 0.214. The van der Waals surface area contributed by atoms with Crippen LogP contribution in [0.2, 0.25) is 0 Å². The lowest BCUT2D eigenvalue weighted by Gasteiger charge is -2.11. The molecule has 7 heteroatoms. The van der Waals surface area contributed by atoms with Crippen LogP contribution < -0.4 is 5.73 Å². The number of hydrogen-bond donors (Lipinski definition) is 1. The highest BCUT2D eigenvalue weighted by Crippen LogP contribution is 2.25. The summed E-state index contributed by atoms with van der Waals surface area (Å²) in [5, 5.41) is 0.664. The van der Waals surface area contributed by atoms with Crippen LogP contribution in [-0.4, -0.2) is 33.2 Å². The lowest BCUT2D eigenvalue weighted by Crippen LogP contribution is -2.07. The van der Waals surface area contributed by atoms with Gasteiger partial charge in [-0.15, -0.1) is 0 Å². The molecule has 108 valence electrons. The van der Waals surface area contributed by atoms with E-state index in [1.165, 1.54) is 12.1 Å². The van der Waals surface area contributed by atoms with Crippen LogP contribution in [0, 0.1) is 5.82 Å². The molecule has 0 aliphatic heterocycles. The normalized spacial score (nSPS) is 11.1. The minimum Gasteiger partial charge on any atom is -0.398 e. The number of imidazole rings is 1. The van der Waals surface area contributed by atoms with Gasteiger partial charge in [0.05, 0.1) is 17.8 Å². The van der Waals surface area contributed by atoms with Gasteiger partial charge in [-0.1, -0.05) is 0 Å². The molecule has 2 heterocycles. The number of halogens is 1. The molecule has 21 heavy (non-hydrogen) atoms. The number of anilines is 1. The van der Waals surface area contributed by atoms with E-state index in [1.54, 1.807) is 30.4 Å². The number of methoxy groups -OCH3 is 1. The van der Waals surface area contributed by atoms with Crippen molar-refractivity contribution in [2.24, 2.45) is 0 Å². The molecule has 0 atom stereocenters. The van der Waals surface area contributed by atoms with Crippen molar-refractivity contribution in [1.29, 1.82) is 0 Å². The van der Waals surface area contributed by atoms with Crippen molar-refractivity contribution in [3.63, 3.8) is 0 Å². The second-order valence-electron chi connectivity index (χ2n) is 4.57. The summed E-state index contributed by atoms with van der Waals surface area (Å²) in [5.74, 6) is 0.00377. The first-order chi connectivity index (χ1) is 10.2. The SMILES string of the molecule is COCCc1nc(-n2ccnc2)nc2cc(F)cc(N)c12. The zero-order chi connectivity index (χ0) is 14.8. The zero-order valence-corrected chi connectivity index (χ0v) is 11.5. The van der Waals surface area contributed by atoms with E-state index < -0.39 is 5.82 Å². The Labute approximate surface area is 120 Å². The minimum absolute atomic E-state index is 0.327. The number of fused-ring (bicyclic) bond motifs is 1. The van der Waals surface area contributed by atoms with Crippen molar-refractivity contribution >= 4 is 16.6 Å². The van der Waals surface area contributed by atoms with Crippen LogP contribution in [0.4, 0.5) is 10.1 Å². The van der Waals surface area contributed by atoms with Crippen molar-refractivity contribution < 1.29 is 9.13 Å². The Hall–Kier alpha value is -2.54. The van der Waals surface area contributed by atoms with Gasteiger partial charge in [0.15, 0.2) is 0 Å². The number of ether oxygens (including phenoxy) is 1. The van der Waals surface area contributed by atoms with Crippen molar-refractivity contribution in [2.45, 2.75) is 6.42 Å². The third-order valence-corrected chi connectivity index (χ3v) is 3.14. The molecular formula is C14H14FN5O. The number of nitrogens with two attached hydrogens (primary N) is 1. The number of rotatable bonds is 4. The smallest absolute Gasteiger partial charge is 0.235 e. The molecule has 0 aliphatic carbocycles. The van der Waals surface area contributed by atoms with E-state index in [9.17, 15) is 4.39 Å². The zero-order valence-electron chi connectivity index (χ0n) is 11.5. The van der Waals surface area contributed by atoms with E-state index in [1.807, 2.05) is 0 Å². The molecule has 0 radical (unpaired) electrons. The highest BCUT2D eigenvalue weighted by Gasteiger charge is 2.13. The quantitative estimate of drug-likeness (QED) is 0.739. The second-order valence-corrected chi connectivity index (χ2v) is 4.57. The summed E-state index contributed by atoms with van der Waals surface area (Å²) in [6, 6.07) is 2.63. The first kappa shape index (κ1) is 13.4. The molecule has 2 N–H and O–H groups in total. The Balaban J connectivity index is 2.24. The maximum Gasteiger partial charge on any atom is 0.235 e. The van der Waals surface area contributed by atoms with Crippen molar-refractivity contribution in [2.75, 3.05) is 19.5 Å². The summed E-state index contributed by atoms with van der Waals surface area (Å²) in [5.41, 5.74) is 7.44. The van der Waals surface area contributed by atoms with Gasteiger partial charge >= 0.3 is 0 Å². The summed E-state index contributed by atoms with van der Waals surface area (Å²) in [4.78, 5) is 12.8.